The van der Waals surface area contributed by atoms with Gasteiger partial charge in [-0.2, -0.15) is 9.78 Å². The third-order valence-corrected chi connectivity index (χ3v) is 4.61. The summed E-state index contributed by atoms with van der Waals surface area (Å²) >= 11 is 0. The summed E-state index contributed by atoms with van der Waals surface area (Å²) in [5, 5.41) is 20.4. The van der Waals surface area contributed by atoms with Gasteiger partial charge in [-0.15, -0.1) is 0 Å². The number of amides is 2. The first kappa shape index (κ1) is 18.8. The van der Waals surface area contributed by atoms with Gasteiger partial charge in [-0.05, 0) is 57.0 Å². The Morgan fingerprint density at radius 1 is 1.24 bits per heavy atom. The molecular weight excluding hydrogens is 372 g/mol. The number of furan rings is 1. The fourth-order valence-electron chi connectivity index (χ4n) is 3.09. The number of aromatic hydroxyl groups is 1. The fourth-order valence-corrected chi connectivity index (χ4v) is 3.09. The second kappa shape index (κ2) is 7.46. The van der Waals surface area contributed by atoms with Crippen LogP contribution in [0.3, 0.4) is 0 Å². The zero-order valence-corrected chi connectivity index (χ0v) is 16.2. The molecule has 0 radical (unpaired) electrons. The van der Waals surface area contributed by atoms with Crippen molar-refractivity contribution in [1.82, 2.24) is 15.1 Å². The number of nitrogens with one attached hydrogen (secondary N) is 2. The second-order valence-electron chi connectivity index (χ2n) is 7.41. The van der Waals surface area contributed by atoms with Gasteiger partial charge in [-0.25, -0.2) is 4.79 Å². The highest BCUT2D eigenvalue weighted by molar-refractivity contribution is 6.02. The molecule has 8 nitrogen and oxygen atoms in total. The predicted molar refractivity (Wildman–Crippen MR) is 107 cm³/mol. The lowest BCUT2D eigenvalue weighted by atomic mass is 10.1. The van der Waals surface area contributed by atoms with Crippen molar-refractivity contribution in [3.8, 4) is 17.0 Å². The van der Waals surface area contributed by atoms with Crippen molar-refractivity contribution >= 4 is 17.6 Å². The summed E-state index contributed by atoms with van der Waals surface area (Å²) in [6, 6.07) is 9.50. The summed E-state index contributed by atoms with van der Waals surface area (Å²) in [6.07, 6.45) is 3.45. The van der Waals surface area contributed by atoms with E-state index in [2.05, 4.69) is 15.7 Å². The predicted octanol–water partition coefficient (Wildman–Crippen LogP) is 3.94. The van der Waals surface area contributed by atoms with Gasteiger partial charge in [0.1, 0.15) is 5.75 Å². The van der Waals surface area contributed by atoms with Gasteiger partial charge in [0, 0.05) is 29.3 Å². The molecule has 8 heteroatoms. The topological polar surface area (TPSA) is 109 Å². The van der Waals surface area contributed by atoms with Crippen LogP contribution in [0.4, 0.5) is 10.5 Å². The summed E-state index contributed by atoms with van der Waals surface area (Å²) in [6.45, 7) is 3.78. The van der Waals surface area contributed by atoms with Crippen LogP contribution >= 0.6 is 0 Å². The minimum atomic E-state index is -0.409. The molecule has 0 unspecified atom stereocenters. The molecule has 2 aromatic heterocycles. The van der Waals surface area contributed by atoms with Crippen molar-refractivity contribution in [2.45, 2.75) is 38.6 Å². The van der Waals surface area contributed by atoms with E-state index < -0.39 is 5.91 Å². The van der Waals surface area contributed by atoms with Crippen LogP contribution in [0.25, 0.3) is 11.3 Å². The molecule has 2 heterocycles. The minimum absolute atomic E-state index is 0.00679. The van der Waals surface area contributed by atoms with Crippen molar-refractivity contribution in [3.05, 3.63) is 54.1 Å². The lowest BCUT2D eigenvalue weighted by molar-refractivity contribution is 0.0996. The Bertz CT molecular complexity index is 1050. The summed E-state index contributed by atoms with van der Waals surface area (Å²) in [5.41, 5.74) is 2.26. The maximum atomic E-state index is 12.5. The van der Waals surface area contributed by atoms with Crippen molar-refractivity contribution < 1.29 is 19.1 Å². The number of hydrogen-bond acceptors (Lipinski definition) is 5. The first-order valence-corrected chi connectivity index (χ1v) is 9.51. The molecule has 4 rings (SSSR count). The fraction of sp³-hybridized carbons (Fsp3) is 0.286. The normalized spacial score (nSPS) is 13.5. The highest BCUT2D eigenvalue weighted by atomic mass is 16.3. The zero-order chi connectivity index (χ0) is 20.5. The van der Waals surface area contributed by atoms with Gasteiger partial charge in [-0.1, -0.05) is 0 Å². The van der Waals surface area contributed by atoms with Gasteiger partial charge >= 0.3 is 6.03 Å². The smallest absolute Gasteiger partial charge is 0.342 e. The molecular formula is C21H22N4O4. The van der Waals surface area contributed by atoms with E-state index in [1.165, 1.54) is 17.0 Å². The summed E-state index contributed by atoms with van der Waals surface area (Å²) in [7, 11) is 0. The number of phenols is 1. The van der Waals surface area contributed by atoms with Crippen LogP contribution in [0.1, 0.15) is 48.9 Å². The van der Waals surface area contributed by atoms with Gasteiger partial charge in [0.05, 0.1) is 17.7 Å². The number of carbonyl (C=O) groups excluding carboxylic acids is 2. The number of nitrogens with zero attached hydrogens (tertiary/aromatic N) is 2. The first-order chi connectivity index (χ1) is 13.9. The number of hydrogen-bond donors (Lipinski definition) is 3. The van der Waals surface area contributed by atoms with Gasteiger partial charge in [0.2, 0.25) is 0 Å². The highest BCUT2D eigenvalue weighted by Gasteiger charge is 2.31. The number of benzene rings is 1. The van der Waals surface area contributed by atoms with Crippen LogP contribution in [0.2, 0.25) is 0 Å². The van der Waals surface area contributed by atoms with E-state index in [0.717, 1.165) is 18.5 Å². The SMILES string of the molecule is CC(C)NC(=O)n1nc(-c2ccc(NC(=O)c3ccco3)cc2O)cc1C1CC1. The third kappa shape index (κ3) is 4.01. The van der Waals surface area contributed by atoms with Crippen molar-refractivity contribution in [2.24, 2.45) is 0 Å². The van der Waals surface area contributed by atoms with E-state index in [4.69, 9.17) is 4.42 Å². The molecule has 1 aliphatic rings. The second-order valence-corrected chi connectivity index (χ2v) is 7.41. The molecule has 29 heavy (non-hydrogen) atoms. The minimum Gasteiger partial charge on any atom is -0.507 e. The average Bonchev–Trinajstić information content (AvgIpc) is 3.18. The lowest BCUT2D eigenvalue weighted by Crippen LogP contribution is -2.35. The molecule has 1 saturated carbocycles. The van der Waals surface area contributed by atoms with Gasteiger partial charge in [-0.3, -0.25) is 4.79 Å². The Kier molecular flexibility index (Phi) is 4.84. The largest absolute Gasteiger partial charge is 0.507 e. The summed E-state index contributed by atoms with van der Waals surface area (Å²) < 4.78 is 6.45. The molecule has 1 aliphatic carbocycles. The van der Waals surface area contributed by atoms with Gasteiger partial charge < -0.3 is 20.2 Å². The quantitative estimate of drug-likeness (QED) is 0.607. The van der Waals surface area contributed by atoms with Crippen LogP contribution in [-0.2, 0) is 0 Å². The van der Waals surface area contributed by atoms with Crippen LogP contribution in [0.15, 0.2) is 47.1 Å². The molecule has 0 bridgehead atoms. The molecule has 0 atom stereocenters. The van der Waals surface area contributed by atoms with Crippen LogP contribution in [0.5, 0.6) is 5.75 Å². The maximum Gasteiger partial charge on any atom is 0.342 e. The maximum absolute atomic E-state index is 12.5. The van der Waals surface area contributed by atoms with E-state index in [9.17, 15) is 14.7 Å². The van der Waals surface area contributed by atoms with E-state index in [1.807, 2.05) is 19.9 Å². The number of aromatic nitrogens is 2. The molecule has 1 aromatic carbocycles. The van der Waals surface area contributed by atoms with Crippen molar-refractivity contribution in [3.63, 3.8) is 0 Å². The molecule has 1 fully saturated rings. The molecule has 3 N–H and O–H groups in total. The average molecular weight is 394 g/mol. The number of rotatable bonds is 5. The standard InChI is InChI=1S/C21H22N4O4/c1-12(2)22-21(28)25-17(13-5-6-13)11-16(24-25)15-8-7-14(10-18(15)26)23-20(27)19-4-3-9-29-19/h3-4,7-13,26H,5-6H2,1-2H3,(H,22,28)(H,23,27). The van der Waals surface area contributed by atoms with E-state index >= 15 is 0 Å². The zero-order valence-electron chi connectivity index (χ0n) is 16.2. The molecule has 2 amide bonds. The molecule has 0 spiro atoms. The lowest BCUT2D eigenvalue weighted by Gasteiger charge is -2.10. The number of carbonyl (C=O) groups is 2. The number of anilines is 1. The highest BCUT2D eigenvalue weighted by Crippen LogP contribution is 2.42. The first-order valence-electron chi connectivity index (χ1n) is 9.51. The summed E-state index contributed by atoms with van der Waals surface area (Å²) in [5.74, 6) is 0.0343. The molecule has 3 aromatic rings. The Hall–Kier alpha value is -3.55. The van der Waals surface area contributed by atoms with Crippen LogP contribution in [-0.4, -0.2) is 32.9 Å². The Labute approximate surface area is 167 Å². The van der Waals surface area contributed by atoms with Gasteiger partial charge in [0.15, 0.2) is 5.76 Å². The van der Waals surface area contributed by atoms with E-state index in [1.54, 1.807) is 24.3 Å². The molecule has 0 saturated heterocycles. The molecule has 0 aliphatic heterocycles. The van der Waals surface area contributed by atoms with Crippen LogP contribution < -0.4 is 10.6 Å². The van der Waals surface area contributed by atoms with Crippen molar-refractivity contribution in [2.75, 3.05) is 5.32 Å². The van der Waals surface area contributed by atoms with Crippen molar-refractivity contribution in [1.29, 1.82) is 0 Å². The Morgan fingerprint density at radius 3 is 2.66 bits per heavy atom. The summed E-state index contributed by atoms with van der Waals surface area (Å²) in [4.78, 5) is 24.6. The van der Waals surface area contributed by atoms with E-state index in [-0.39, 0.29) is 23.6 Å². The third-order valence-electron chi connectivity index (χ3n) is 4.61. The monoisotopic (exact) mass is 394 g/mol. The van der Waals surface area contributed by atoms with Gasteiger partial charge in [0.25, 0.3) is 5.91 Å². The number of phenolic OH excluding ortho intramolecular Hbond substituents is 1. The Morgan fingerprint density at radius 2 is 2.03 bits per heavy atom. The van der Waals surface area contributed by atoms with E-state index in [0.29, 0.717) is 22.9 Å². The Balaban J connectivity index is 1.60. The molecule has 150 valence electrons. The van der Waals surface area contributed by atoms with Crippen LogP contribution in [0, 0.1) is 0 Å².